The first kappa shape index (κ1) is 10.4. The predicted octanol–water partition coefficient (Wildman–Crippen LogP) is 1.07. The standard InChI is InChI=1S/C8H17NO2/c1-3-5-7(9)8(10)11-6-4-2/h7H,3-6,9H2,1-2H3/t7-/m1/s1. The Balaban J connectivity index is 3.47. The number of esters is 1. The van der Waals surface area contributed by atoms with Crippen LogP contribution in [0.25, 0.3) is 0 Å². The van der Waals surface area contributed by atoms with Crippen molar-refractivity contribution >= 4 is 5.97 Å². The van der Waals surface area contributed by atoms with Crippen molar-refractivity contribution in [2.24, 2.45) is 5.73 Å². The highest BCUT2D eigenvalue weighted by Crippen LogP contribution is 1.96. The lowest BCUT2D eigenvalue weighted by Gasteiger charge is -2.08. The molecule has 3 nitrogen and oxygen atoms in total. The molecule has 0 aromatic rings. The minimum Gasteiger partial charge on any atom is -0.465 e. The van der Waals surface area contributed by atoms with Crippen LogP contribution in [0.1, 0.15) is 33.1 Å². The second kappa shape index (κ2) is 6.16. The Morgan fingerprint density at radius 1 is 1.45 bits per heavy atom. The van der Waals surface area contributed by atoms with Crippen LogP contribution in [0.5, 0.6) is 0 Å². The van der Waals surface area contributed by atoms with Crippen molar-refractivity contribution in [1.29, 1.82) is 0 Å². The molecule has 11 heavy (non-hydrogen) atoms. The van der Waals surface area contributed by atoms with Crippen LogP contribution in [-0.4, -0.2) is 18.6 Å². The van der Waals surface area contributed by atoms with Gasteiger partial charge < -0.3 is 10.5 Å². The molecule has 0 amide bonds. The molecule has 0 aliphatic carbocycles. The van der Waals surface area contributed by atoms with Crippen molar-refractivity contribution in [3.63, 3.8) is 0 Å². The first-order chi connectivity index (χ1) is 5.22. The molecule has 0 saturated carbocycles. The number of carbonyl (C=O) groups excluding carboxylic acids is 1. The van der Waals surface area contributed by atoms with Gasteiger partial charge in [0.15, 0.2) is 0 Å². The van der Waals surface area contributed by atoms with E-state index >= 15 is 0 Å². The number of rotatable bonds is 5. The highest BCUT2D eigenvalue weighted by molar-refractivity contribution is 5.75. The highest BCUT2D eigenvalue weighted by atomic mass is 16.5. The van der Waals surface area contributed by atoms with Gasteiger partial charge in [-0.15, -0.1) is 0 Å². The number of hydrogen-bond donors (Lipinski definition) is 1. The van der Waals surface area contributed by atoms with Gasteiger partial charge in [-0.05, 0) is 12.8 Å². The summed E-state index contributed by atoms with van der Waals surface area (Å²) in [6, 6.07) is -0.424. The van der Waals surface area contributed by atoms with Crippen LogP contribution >= 0.6 is 0 Å². The van der Waals surface area contributed by atoms with Crippen molar-refractivity contribution in [2.45, 2.75) is 39.2 Å². The van der Waals surface area contributed by atoms with Gasteiger partial charge in [-0.1, -0.05) is 20.3 Å². The van der Waals surface area contributed by atoms with Crippen molar-refractivity contribution in [3.05, 3.63) is 0 Å². The van der Waals surface area contributed by atoms with E-state index in [-0.39, 0.29) is 5.97 Å². The van der Waals surface area contributed by atoms with Gasteiger partial charge in [-0.2, -0.15) is 0 Å². The largest absolute Gasteiger partial charge is 0.465 e. The molecule has 0 spiro atoms. The summed E-state index contributed by atoms with van der Waals surface area (Å²) in [5.74, 6) is -0.270. The summed E-state index contributed by atoms with van der Waals surface area (Å²) in [6.07, 6.45) is 2.48. The van der Waals surface area contributed by atoms with E-state index in [4.69, 9.17) is 10.5 Å². The van der Waals surface area contributed by atoms with E-state index in [2.05, 4.69) is 0 Å². The Labute approximate surface area is 67.9 Å². The molecule has 0 unspecified atom stereocenters. The number of hydrogen-bond acceptors (Lipinski definition) is 3. The van der Waals surface area contributed by atoms with Crippen LogP contribution < -0.4 is 5.73 Å². The molecule has 0 radical (unpaired) electrons. The van der Waals surface area contributed by atoms with Gasteiger partial charge in [0, 0.05) is 0 Å². The van der Waals surface area contributed by atoms with Crippen molar-refractivity contribution in [3.8, 4) is 0 Å². The lowest BCUT2D eigenvalue weighted by atomic mass is 10.2. The second-order valence-corrected chi connectivity index (χ2v) is 2.56. The maximum Gasteiger partial charge on any atom is 0.322 e. The zero-order chi connectivity index (χ0) is 8.69. The summed E-state index contributed by atoms with van der Waals surface area (Å²) in [7, 11) is 0. The van der Waals surface area contributed by atoms with Crippen LogP contribution in [0.15, 0.2) is 0 Å². The zero-order valence-electron chi connectivity index (χ0n) is 7.30. The topological polar surface area (TPSA) is 52.3 Å². The fourth-order valence-corrected chi connectivity index (χ4v) is 0.739. The van der Waals surface area contributed by atoms with Gasteiger partial charge in [0.05, 0.1) is 6.61 Å². The molecule has 2 N–H and O–H groups in total. The Bertz CT molecular complexity index is 115. The van der Waals surface area contributed by atoms with Crippen LogP contribution in [0.4, 0.5) is 0 Å². The molecular weight excluding hydrogens is 142 g/mol. The van der Waals surface area contributed by atoms with Crippen molar-refractivity contribution in [2.75, 3.05) is 6.61 Å². The summed E-state index contributed by atoms with van der Waals surface area (Å²) in [5.41, 5.74) is 5.49. The van der Waals surface area contributed by atoms with Gasteiger partial charge in [0.1, 0.15) is 6.04 Å². The fraction of sp³-hybridized carbons (Fsp3) is 0.875. The summed E-state index contributed by atoms with van der Waals surface area (Å²) in [6.45, 7) is 4.43. The maximum atomic E-state index is 10.9. The molecule has 0 aliphatic rings. The first-order valence-electron chi connectivity index (χ1n) is 4.14. The van der Waals surface area contributed by atoms with E-state index in [1.807, 2.05) is 13.8 Å². The van der Waals surface area contributed by atoms with E-state index in [0.717, 1.165) is 12.8 Å². The molecule has 0 bridgehead atoms. The minimum atomic E-state index is -0.424. The first-order valence-corrected chi connectivity index (χ1v) is 4.14. The lowest BCUT2D eigenvalue weighted by molar-refractivity contribution is -0.145. The average molecular weight is 159 g/mol. The monoisotopic (exact) mass is 159 g/mol. The molecule has 1 atom stereocenters. The molecule has 0 rings (SSSR count). The quantitative estimate of drug-likeness (QED) is 0.610. The van der Waals surface area contributed by atoms with E-state index < -0.39 is 6.04 Å². The molecular formula is C8H17NO2. The zero-order valence-corrected chi connectivity index (χ0v) is 7.30. The lowest BCUT2D eigenvalue weighted by Crippen LogP contribution is -2.32. The summed E-state index contributed by atoms with van der Waals surface area (Å²) < 4.78 is 4.84. The highest BCUT2D eigenvalue weighted by Gasteiger charge is 2.12. The van der Waals surface area contributed by atoms with Crippen LogP contribution in [0.3, 0.4) is 0 Å². The van der Waals surface area contributed by atoms with Crippen molar-refractivity contribution < 1.29 is 9.53 Å². The summed E-state index contributed by atoms with van der Waals surface area (Å²) in [4.78, 5) is 10.9. The van der Waals surface area contributed by atoms with E-state index in [1.165, 1.54) is 0 Å². The summed E-state index contributed by atoms with van der Waals surface area (Å²) in [5, 5.41) is 0. The van der Waals surface area contributed by atoms with Crippen molar-refractivity contribution in [1.82, 2.24) is 0 Å². The normalized spacial score (nSPS) is 12.6. The average Bonchev–Trinajstić information content (AvgIpc) is 2.00. The Kier molecular flexibility index (Phi) is 5.84. The Morgan fingerprint density at radius 2 is 2.09 bits per heavy atom. The molecule has 66 valence electrons. The van der Waals surface area contributed by atoms with Gasteiger partial charge in [-0.3, -0.25) is 4.79 Å². The molecule has 0 aromatic carbocycles. The third kappa shape index (κ3) is 4.79. The third-order valence-electron chi connectivity index (χ3n) is 1.35. The maximum absolute atomic E-state index is 10.9. The molecule has 3 heteroatoms. The SMILES string of the molecule is CCCOC(=O)[C@H](N)CCC. The molecule has 0 heterocycles. The minimum absolute atomic E-state index is 0.270. The van der Waals surface area contributed by atoms with E-state index in [9.17, 15) is 4.79 Å². The predicted molar refractivity (Wildman–Crippen MR) is 44.1 cm³/mol. The van der Waals surface area contributed by atoms with Crippen LogP contribution in [0, 0.1) is 0 Å². The fourth-order valence-electron chi connectivity index (χ4n) is 0.739. The third-order valence-corrected chi connectivity index (χ3v) is 1.35. The van der Waals surface area contributed by atoms with Gasteiger partial charge in [-0.25, -0.2) is 0 Å². The molecule has 0 aromatic heterocycles. The number of ether oxygens (including phenoxy) is 1. The van der Waals surface area contributed by atoms with Crippen LogP contribution in [0.2, 0.25) is 0 Å². The van der Waals surface area contributed by atoms with E-state index in [0.29, 0.717) is 13.0 Å². The molecule has 0 aliphatic heterocycles. The van der Waals surface area contributed by atoms with Gasteiger partial charge >= 0.3 is 5.97 Å². The Morgan fingerprint density at radius 3 is 2.55 bits per heavy atom. The van der Waals surface area contributed by atoms with E-state index in [1.54, 1.807) is 0 Å². The second-order valence-electron chi connectivity index (χ2n) is 2.56. The number of nitrogens with two attached hydrogens (primary N) is 1. The van der Waals surface area contributed by atoms with Gasteiger partial charge in [0.25, 0.3) is 0 Å². The molecule has 0 fully saturated rings. The number of carbonyl (C=O) groups is 1. The summed E-state index contributed by atoms with van der Waals surface area (Å²) >= 11 is 0. The van der Waals surface area contributed by atoms with Gasteiger partial charge in [0.2, 0.25) is 0 Å². The Hall–Kier alpha value is -0.570. The molecule has 0 saturated heterocycles. The smallest absolute Gasteiger partial charge is 0.322 e. The van der Waals surface area contributed by atoms with Crippen LogP contribution in [-0.2, 0) is 9.53 Å².